The van der Waals surface area contributed by atoms with E-state index in [0.29, 0.717) is 17.2 Å². The largest absolute Gasteiger partial charge is 0.434 e. The second kappa shape index (κ2) is 6.93. The van der Waals surface area contributed by atoms with E-state index in [1.165, 1.54) is 6.33 Å². The van der Waals surface area contributed by atoms with Gasteiger partial charge in [-0.15, -0.1) is 22.7 Å². The molecule has 1 fully saturated rings. The number of thiazole rings is 2. The van der Waals surface area contributed by atoms with E-state index in [2.05, 4.69) is 24.8 Å². The maximum atomic E-state index is 12.8. The Morgan fingerprint density at radius 1 is 1.27 bits per heavy atom. The third-order valence-corrected chi connectivity index (χ3v) is 7.24. The second-order valence-corrected chi connectivity index (χ2v) is 8.83. The van der Waals surface area contributed by atoms with Gasteiger partial charge < -0.3 is 4.90 Å². The lowest BCUT2D eigenvalue weighted by Gasteiger charge is -2.32. The molecule has 4 rings (SSSR count). The molecule has 0 bridgehead atoms. The summed E-state index contributed by atoms with van der Waals surface area (Å²) in [5, 5.41) is 1.65. The average molecular weight is 418 g/mol. The predicted octanol–water partition coefficient (Wildman–Crippen LogP) is 4.67. The number of rotatable bonds is 3. The monoisotopic (exact) mass is 417 g/mol. The van der Waals surface area contributed by atoms with Crippen LogP contribution in [0.2, 0.25) is 0 Å². The maximum Gasteiger partial charge on any atom is 0.434 e. The van der Waals surface area contributed by atoms with E-state index in [4.69, 9.17) is 0 Å². The first-order chi connectivity index (χ1) is 12.5. The van der Waals surface area contributed by atoms with Gasteiger partial charge >= 0.3 is 6.18 Å². The lowest BCUT2D eigenvalue weighted by Crippen LogP contribution is -2.35. The zero-order valence-corrected chi connectivity index (χ0v) is 16.1. The Bertz CT molecular complexity index is 923. The highest BCUT2D eigenvalue weighted by Crippen LogP contribution is 2.38. The van der Waals surface area contributed by atoms with Crippen LogP contribution in [-0.2, 0) is 6.18 Å². The van der Waals surface area contributed by atoms with E-state index in [-0.39, 0.29) is 5.92 Å². The van der Waals surface area contributed by atoms with Crippen molar-refractivity contribution in [1.29, 1.82) is 0 Å². The summed E-state index contributed by atoms with van der Waals surface area (Å²) in [6, 6.07) is 0. The van der Waals surface area contributed by atoms with Crippen LogP contribution in [0.5, 0.6) is 0 Å². The van der Waals surface area contributed by atoms with Gasteiger partial charge in [0.2, 0.25) is 0 Å². The fraction of sp³-hybridized carbons (Fsp3) is 0.467. The molecular weight excluding hydrogens is 403 g/mol. The van der Waals surface area contributed by atoms with E-state index >= 15 is 0 Å². The smallest absolute Gasteiger partial charge is 0.355 e. The Hall–Kier alpha value is -1.46. The minimum Gasteiger partial charge on any atom is -0.355 e. The van der Waals surface area contributed by atoms with Crippen LogP contribution in [-0.4, -0.2) is 39.3 Å². The molecule has 4 heterocycles. The molecule has 26 heavy (non-hydrogen) atoms. The minimum atomic E-state index is -4.39. The number of alkyl halides is 3. The lowest BCUT2D eigenvalue weighted by molar-refractivity contribution is -0.140. The van der Waals surface area contributed by atoms with Gasteiger partial charge in [-0.2, -0.15) is 13.2 Å². The number of halogens is 3. The molecule has 138 valence electrons. The van der Waals surface area contributed by atoms with Gasteiger partial charge in [-0.1, -0.05) is 11.8 Å². The van der Waals surface area contributed by atoms with Crippen molar-refractivity contribution in [3.63, 3.8) is 0 Å². The number of aromatic nitrogens is 4. The van der Waals surface area contributed by atoms with Crippen LogP contribution in [0.1, 0.15) is 29.5 Å². The van der Waals surface area contributed by atoms with Crippen LogP contribution in [0.4, 0.5) is 19.0 Å². The highest BCUT2D eigenvalue weighted by atomic mass is 32.2. The first-order valence-electron chi connectivity index (χ1n) is 7.89. The van der Waals surface area contributed by atoms with E-state index in [1.807, 2.05) is 6.26 Å². The van der Waals surface area contributed by atoms with Crippen LogP contribution >= 0.6 is 34.4 Å². The van der Waals surface area contributed by atoms with Crippen LogP contribution in [0.3, 0.4) is 0 Å². The lowest BCUT2D eigenvalue weighted by atomic mass is 9.99. The summed E-state index contributed by atoms with van der Waals surface area (Å²) in [5.41, 5.74) is -0.133. The number of piperidine rings is 1. The van der Waals surface area contributed by atoms with Crippen molar-refractivity contribution >= 4 is 50.6 Å². The molecule has 1 aliphatic rings. The fourth-order valence-electron chi connectivity index (χ4n) is 3.01. The zero-order chi connectivity index (χ0) is 18.3. The van der Waals surface area contributed by atoms with Crippen molar-refractivity contribution < 1.29 is 13.2 Å². The number of nitrogens with zero attached hydrogens (tertiary/aromatic N) is 5. The number of anilines is 1. The molecule has 0 spiro atoms. The van der Waals surface area contributed by atoms with Crippen LogP contribution in [0.25, 0.3) is 10.3 Å². The third kappa shape index (κ3) is 3.39. The van der Waals surface area contributed by atoms with Gasteiger partial charge in [-0.05, 0) is 19.1 Å². The Labute approximate surface area is 159 Å². The third-order valence-electron chi connectivity index (χ3n) is 4.21. The topological polar surface area (TPSA) is 54.8 Å². The number of fused-ring (bicyclic) bond motifs is 1. The van der Waals surface area contributed by atoms with Crippen LogP contribution in [0, 0.1) is 0 Å². The zero-order valence-electron chi connectivity index (χ0n) is 13.7. The van der Waals surface area contributed by atoms with Gasteiger partial charge in [-0.25, -0.2) is 19.9 Å². The summed E-state index contributed by atoms with van der Waals surface area (Å²) in [6.45, 7) is 1.41. The Morgan fingerprint density at radius 2 is 2.12 bits per heavy atom. The van der Waals surface area contributed by atoms with Gasteiger partial charge in [-0.3, -0.25) is 0 Å². The summed E-state index contributed by atoms with van der Waals surface area (Å²) in [4.78, 5) is 19.1. The van der Waals surface area contributed by atoms with Gasteiger partial charge in [0, 0.05) is 24.4 Å². The van der Waals surface area contributed by atoms with E-state index < -0.39 is 11.9 Å². The van der Waals surface area contributed by atoms with E-state index in [9.17, 15) is 13.2 Å². The summed E-state index contributed by atoms with van der Waals surface area (Å²) in [7, 11) is 0. The van der Waals surface area contributed by atoms with Crippen molar-refractivity contribution in [1.82, 2.24) is 19.9 Å². The summed E-state index contributed by atoms with van der Waals surface area (Å²) in [6.07, 6.45) is 0.775. The molecule has 0 amide bonds. The Morgan fingerprint density at radius 3 is 2.85 bits per heavy atom. The molecule has 0 radical (unpaired) electrons. The quantitative estimate of drug-likeness (QED) is 0.578. The van der Waals surface area contributed by atoms with Gasteiger partial charge in [0.1, 0.15) is 11.0 Å². The van der Waals surface area contributed by atoms with E-state index in [0.717, 1.165) is 51.0 Å². The highest BCUT2D eigenvalue weighted by Gasteiger charge is 2.35. The van der Waals surface area contributed by atoms with Crippen molar-refractivity contribution in [2.45, 2.75) is 29.3 Å². The van der Waals surface area contributed by atoms with Gasteiger partial charge in [0.25, 0.3) is 0 Å². The first-order valence-corrected chi connectivity index (χ1v) is 10.8. The molecule has 1 aliphatic heterocycles. The Balaban J connectivity index is 1.61. The molecule has 11 heteroatoms. The summed E-state index contributed by atoms with van der Waals surface area (Å²) in [5.74, 6) is 0.785. The summed E-state index contributed by atoms with van der Waals surface area (Å²) < 4.78 is 40.3. The maximum absolute atomic E-state index is 12.8. The number of hydrogen-bond acceptors (Lipinski definition) is 8. The molecule has 1 unspecified atom stereocenters. The van der Waals surface area contributed by atoms with Crippen molar-refractivity contribution in [3.8, 4) is 0 Å². The molecule has 0 N–H and O–H groups in total. The van der Waals surface area contributed by atoms with Crippen molar-refractivity contribution in [2.75, 3.05) is 24.2 Å². The molecular formula is C15H14F3N5S3. The molecule has 0 saturated carbocycles. The SMILES string of the molecule is CSc1nc2ncnc(N3CCCC(c4nc(C(F)(F)F)cs4)C3)c2s1. The summed E-state index contributed by atoms with van der Waals surface area (Å²) >= 11 is 4.19. The molecule has 3 aromatic heterocycles. The molecule has 0 aliphatic carbocycles. The van der Waals surface area contributed by atoms with Crippen LogP contribution in [0.15, 0.2) is 16.0 Å². The number of hydrogen-bond donors (Lipinski definition) is 0. The Kier molecular flexibility index (Phi) is 4.78. The molecule has 1 saturated heterocycles. The fourth-order valence-corrected chi connectivity index (χ4v) is 5.50. The normalized spacial score (nSPS) is 18.6. The van der Waals surface area contributed by atoms with Gasteiger partial charge in [0.05, 0.1) is 5.01 Å². The molecule has 3 aromatic rings. The first kappa shape index (κ1) is 17.9. The molecule has 5 nitrogen and oxygen atoms in total. The molecule has 0 aromatic carbocycles. The predicted molar refractivity (Wildman–Crippen MR) is 98.3 cm³/mol. The van der Waals surface area contributed by atoms with Crippen LogP contribution < -0.4 is 4.90 Å². The standard InChI is InChI=1S/C15H14F3N5S3/c1-24-14-22-11-10(26-14)12(20-7-19-11)23-4-2-3-8(5-23)13-21-9(6-25-13)15(16,17)18/h6-8H,2-5H2,1H3. The van der Waals surface area contributed by atoms with E-state index in [1.54, 1.807) is 23.1 Å². The van der Waals surface area contributed by atoms with Gasteiger partial charge in [0.15, 0.2) is 21.5 Å². The molecule has 1 atom stereocenters. The second-order valence-electron chi connectivity index (χ2n) is 5.89. The number of thioether (sulfide) groups is 1. The average Bonchev–Trinajstić information content (AvgIpc) is 3.28. The minimum absolute atomic E-state index is 0.0252. The van der Waals surface area contributed by atoms with Crippen molar-refractivity contribution in [2.24, 2.45) is 0 Å². The van der Waals surface area contributed by atoms with Crippen molar-refractivity contribution in [3.05, 3.63) is 22.4 Å². The highest BCUT2D eigenvalue weighted by molar-refractivity contribution is 8.00.